The number of benzene rings is 1. The van der Waals surface area contributed by atoms with Crippen molar-refractivity contribution in [3.05, 3.63) is 23.3 Å². The molecular weight excluding hydrogens is 204 g/mol. The molecule has 86 valence electrons. The number of nitrogens with one attached hydrogen (secondary N) is 2. The summed E-state index contributed by atoms with van der Waals surface area (Å²) >= 11 is 0. The zero-order valence-electron chi connectivity index (χ0n) is 9.38. The first-order valence-corrected chi connectivity index (χ1v) is 5.69. The molecule has 2 aliphatic heterocycles. The molecule has 0 aliphatic carbocycles. The molecule has 2 N–H and O–H groups in total. The van der Waals surface area contributed by atoms with E-state index in [1.54, 1.807) is 0 Å². The minimum atomic E-state index is 0.342. The molecule has 1 aromatic carbocycles. The van der Waals surface area contributed by atoms with Crippen molar-refractivity contribution in [1.29, 1.82) is 0 Å². The molecule has 1 atom stereocenters. The van der Waals surface area contributed by atoms with E-state index < -0.39 is 0 Å². The van der Waals surface area contributed by atoms with Gasteiger partial charge in [0.05, 0.1) is 0 Å². The fourth-order valence-corrected chi connectivity index (χ4v) is 2.31. The molecule has 0 spiro atoms. The third-order valence-electron chi connectivity index (χ3n) is 3.18. The van der Waals surface area contributed by atoms with Crippen LogP contribution in [0.2, 0.25) is 0 Å². The number of hydrogen-bond acceptors (Lipinski definition) is 4. The van der Waals surface area contributed by atoms with Crippen LogP contribution in [-0.4, -0.2) is 26.4 Å². The first kappa shape index (κ1) is 9.93. The molecule has 1 unspecified atom stereocenters. The minimum absolute atomic E-state index is 0.342. The second-order valence-electron chi connectivity index (χ2n) is 4.27. The van der Waals surface area contributed by atoms with Gasteiger partial charge in [-0.2, -0.15) is 0 Å². The first-order chi connectivity index (χ1) is 7.84. The highest BCUT2D eigenvalue weighted by atomic mass is 16.7. The van der Waals surface area contributed by atoms with Crippen molar-refractivity contribution in [2.45, 2.75) is 13.0 Å². The Bertz CT molecular complexity index is 400. The summed E-state index contributed by atoms with van der Waals surface area (Å²) in [4.78, 5) is 0. The van der Waals surface area contributed by atoms with E-state index in [1.807, 2.05) is 0 Å². The second kappa shape index (κ2) is 3.96. The molecular formula is C12H16N2O2. The highest BCUT2D eigenvalue weighted by molar-refractivity contribution is 5.49. The van der Waals surface area contributed by atoms with Crippen LogP contribution in [0.15, 0.2) is 12.1 Å². The molecule has 0 radical (unpaired) electrons. The maximum atomic E-state index is 5.41. The molecule has 0 aromatic heterocycles. The van der Waals surface area contributed by atoms with Crippen LogP contribution in [0, 0.1) is 6.92 Å². The zero-order valence-corrected chi connectivity index (χ0v) is 9.38. The molecule has 0 amide bonds. The van der Waals surface area contributed by atoms with Crippen LogP contribution in [0.25, 0.3) is 0 Å². The Balaban J connectivity index is 1.94. The maximum absolute atomic E-state index is 5.41. The van der Waals surface area contributed by atoms with Gasteiger partial charge in [0.2, 0.25) is 6.79 Å². The van der Waals surface area contributed by atoms with E-state index >= 15 is 0 Å². The number of piperazine rings is 1. The predicted molar refractivity (Wildman–Crippen MR) is 60.9 cm³/mol. The van der Waals surface area contributed by atoms with E-state index in [-0.39, 0.29) is 0 Å². The quantitative estimate of drug-likeness (QED) is 0.739. The van der Waals surface area contributed by atoms with Crippen LogP contribution in [0.4, 0.5) is 0 Å². The summed E-state index contributed by atoms with van der Waals surface area (Å²) in [7, 11) is 0. The van der Waals surface area contributed by atoms with Gasteiger partial charge in [-0.15, -0.1) is 0 Å². The monoisotopic (exact) mass is 220 g/mol. The van der Waals surface area contributed by atoms with E-state index in [0.717, 1.165) is 31.1 Å². The van der Waals surface area contributed by atoms with Crippen molar-refractivity contribution in [2.24, 2.45) is 0 Å². The molecule has 1 fully saturated rings. The highest BCUT2D eigenvalue weighted by Crippen LogP contribution is 2.36. The lowest BCUT2D eigenvalue weighted by molar-refractivity contribution is 0.174. The number of rotatable bonds is 1. The van der Waals surface area contributed by atoms with E-state index in [2.05, 4.69) is 29.7 Å². The van der Waals surface area contributed by atoms with E-state index in [4.69, 9.17) is 9.47 Å². The van der Waals surface area contributed by atoms with Gasteiger partial charge in [-0.25, -0.2) is 0 Å². The Morgan fingerprint density at radius 1 is 1.19 bits per heavy atom. The van der Waals surface area contributed by atoms with Gasteiger partial charge in [-0.05, 0) is 30.2 Å². The average molecular weight is 220 g/mol. The molecule has 4 heteroatoms. The normalized spacial score (nSPS) is 23.4. The smallest absolute Gasteiger partial charge is 0.231 e. The number of aryl methyl sites for hydroxylation is 1. The third-order valence-corrected chi connectivity index (χ3v) is 3.18. The van der Waals surface area contributed by atoms with Crippen molar-refractivity contribution in [1.82, 2.24) is 10.6 Å². The molecule has 0 bridgehead atoms. The molecule has 16 heavy (non-hydrogen) atoms. The summed E-state index contributed by atoms with van der Waals surface area (Å²) in [6, 6.07) is 4.54. The van der Waals surface area contributed by atoms with Crippen LogP contribution < -0.4 is 20.1 Å². The first-order valence-electron chi connectivity index (χ1n) is 5.69. The molecule has 4 nitrogen and oxygen atoms in total. The zero-order chi connectivity index (χ0) is 11.0. The number of hydrogen-bond donors (Lipinski definition) is 2. The number of fused-ring (bicyclic) bond motifs is 1. The summed E-state index contributed by atoms with van der Waals surface area (Å²) in [5, 5.41) is 6.90. The molecule has 3 rings (SSSR count). The van der Waals surface area contributed by atoms with Gasteiger partial charge in [0.15, 0.2) is 11.5 Å². The van der Waals surface area contributed by atoms with Crippen LogP contribution in [0.5, 0.6) is 11.5 Å². The Morgan fingerprint density at radius 3 is 2.75 bits per heavy atom. The van der Waals surface area contributed by atoms with E-state index in [1.165, 1.54) is 11.1 Å². The molecule has 1 aromatic rings. The summed E-state index contributed by atoms with van der Waals surface area (Å²) in [5.74, 6) is 1.73. The highest BCUT2D eigenvalue weighted by Gasteiger charge is 2.21. The lowest BCUT2D eigenvalue weighted by Crippen LogP contribution is -2.42. The van der Waals surface area contributed by atoms with Crippen LogP contribution in [0.1, 0.15) is 17.2 Å². The van der Waals surface area contributed by atoms with Gasteiger partial charge in [0.1, 0.15) is 0 Å². The van der Waals surface area contributed by atoms with E-state index in [0.29, 0.717) is 12.8 Å². The van der Waals surface area contributed by atoms with Gasteiger partial charge in [0.25, 0.3) is 0 Å². The largest absolute Gasteiger partial charge is 0.454 e. The summed E-state index contributed by atoms with van der Waals surface area (Å²) in [6.07, 6.45) is 0. The standard InChI is InChI=1S/C12H16N2O2/c1-8-4-11-12(16-7-15-11)5-9(8)10-6-13-2-3-14-10/h4-5,10,13-14H,2-3,6-7H2,1H3. The Hall–Kier alpha value is -1.26. The van der Waals surface area contributed by atoms with Gasteiger partial charge in [0, 0.05) is 25.7 Å². The summed E-state index contributed by atoms with van der Waals surface area (Å²) in [5.41, 5.74) is 2.56. The van der Waals surface area contributed by atoms with Gasteiger partial charge in [-0.3, -0.25) is 0 Å². The maximum Gasteiger partial charge on any atom is 0.231 e. The van der Waals surface area contributed by atoms with Gasteiger partial charge >= 0.3 is 0 Å². The van der Waals surface area contributed by atoms with Crippen molar-refractivity contribution in [2.75, 3.05) is 26.4 Å². The van der Waals surface area contributed by atoms with Crippen molar-refractivity contribution < 1.29 is 9.47 Å². The fourth-order valence-electron chi connectivity index (χ4n) is 2.31. The average Bonchev–Trinajstić information content (AvgIpc) is 2.76. The van der Waals surface area contributed by atoms with Crippen molar-refractivity contribution in [3.8, 4) is 11.5 Å². The van der Waals surface area contributed by atoms with Crippen molar-refractivity contribution in [3.63, 3.8) is 0 Å². The van der Waals surface area contributed by atoms with Crippen LogP contribution >= 0.6 is 0 Å². The van der Waals surface area contributed by atoms with Crippen molar-refractivity contribution >= 4 is 0 Å². The molecule has 0 saturated carbocycles. The Kier molecular flexibility index (Phi) is 2.46. The summed E-state index contributed by atoms with van der Waals surface area (Å²) in [6.45, 7) is 5.49. The third kappa shape index (κ3) is 1.64. The SMILES string of the molecule is Cc1cc2c(cc1C1CNCCN1)OCO2. The van der Waals surface area contributed by atoms with Crippen LogP contribution in [0.3, 0.4) is 0 Å². The fraction of sp³-hybridized carbons (Fsp3) is 0.500. The molecule has 2 heterocycles. The Labute approximate surface area is 94.9 Å². The van der Waals surface area contributed by atoms with Gasteiger partial charge in [-0.1, -0.05) is 0 Å². The molecule has 1 saturated heterocycles. The lowest BCUT2D eigenvalue weighted by atomic mass is 9.99. The van der Waals surface area contributed by atoms with E-state index in [9.17, 15) is 0 Å². The predicted octanol–water partition coefficient (Wildman–Crippen LogP) is 0.958. The summed E-state index contributed by atoms with van der Waals surface area (Å²) < 4.78 is 10.8. The topological polar surface area (TPSA) is 42.5 Å². The minimum Gasteiger partial charge on any atom is -0.454 e. The van der Waals surface area contributed by atoms with Crippen LogP contribution in [-0.2, 0) is 0 Å². The van der Waals surface area contributed by atoms with Gasteiger partial charge < -0.3 is 20.1 Å². The lowest BCUT2D eigenvalue weighted by Gasteiger charge is -2.26. The second-order valence-corrected chi connectivity index (χ2v) is 4.27. The Morgan fingerprint density at radius 2 is 2.00 bits per heavy atom. The molecule has 2 aliphatic rings. The number of ether oxygens (including phenoxy) is 2.